The van der Waals surface area contributed by atoms with E-state index in [0.29, 0.717) is 0 Å². The van der Waals surface area contributed by atoms with Crippen LogP contribution in [0.25, 0.3) is 5.57 Å². The second-order valence-electron chi connectivity index (χ2n) is 3.46. The third kappa shape index (κ3) is 1.89. The van der Waals surface area contributed by atoms with Crippen LogP contribution in [0, 0.1) is 6.92 Å². The van der Waals surface area contributed by atoms with Crippen LogP contribution in [-0.4, -0.2) is 4.98 Å². The number of allylic oxidation sites excluding steroid dienone is 4. The topological polar surface area (TPSA) is 12.9 Å². The van der Waals surface area contributed by atoms with Gasteiger partial charge in [-0.15, -0.1) is 11.3 Å². The lowest BCUT2D eigenvalue weighted by Gasteiger charge is -2.09. The molecule has 1 aliphatic carbocycles. The molecule has 0 saturated heterocycles. The number of aryl methyl sites for hydroxylation is 1. The van der Waals surface area contributed by atoms with E-state index < -0.39 is 0 Å². The van der Waals surface area contributed by atoms with Crippen LogP contribution in [0.1, 0.15) is 30.5 Å². The van der Waals surface area contributed by atoms with Crippen LogP contribution in [0.3, 0.4) is 0 Å². The normalized spacial score (nSPS) is 16.8. The lowest BCUT2D eigenvalue weighted by molar-refractivity contribution is 0.969. The minimum atomic E-state index is 1.14. The van der Waals surface area contributed by atoms with Crippen molar-refractivity contribution in [3.8, 4) is 0 Å². The largest absolute Gasteiger partial charge is 0.242 e. The molecule has 0 unspecified atom stereocenters. The van der Waals surface area contributed by atoms with Gasteiger partial charge in [0.25, 0.3) is 0 Å². The number of hydrogen-bond donors (Lipinski definition) is 0. The van der Waals surface area contributed by atoms with E-state index in [2.05, 4.69) is 36.4 Å². The molecule has 1 aliphatic rings. The average molecular weight is 191 g/mol. The van der Waals surface area contributed by atoms with Gasteiger partial charge < -0.3 is 0 Å². The number of nitrogens with zero attached hydrogens (tertiary/aromatic N) is 1. The first-order valence-corrected chi connectivity index (χ1v) is 5.42. The summed E-state index contributed by atoms with van der Waals surface area (Å²) in [6, 6.07) is 0. The molecule has 0 bridgehead atoms. The molecule has 0 atom stereocenters. The zero-order chi connectivity index (χ0) is 9.26. The van der Waals surface area contributed by atoms with Crippen LogP contribution in [0.5, 0.6) is 0 Å². The first kappa shape index (κ1) is 8.70. The molecule has 1 aromatic rings. The van der Waals surface area contributed by atoms with E-state index in [1.54, 1.807) is 11.3 Å². The summed E-state index contributed by atoms with van der Waals surface area (Å²) in [7, 11) is 0. The molecule has 0 N–H and O–H groups in total. The average Bonchev–Trinajstić information content (AvgIpc) is 2.53. The summed E-state index contributed by atoms with van der Waals surface area (Å²) in [4.78, 5) is 4.48. The Morgan fingerprint density at radius 3 is 2.62 bits per heavy atom. The summed E-state index contributed by atoms with van der Waals surface area (Å²) in [5.41, 5.74) is 4.02. The van der Waals surface area contributed by atoms with Gasteiger partial charge in [0.2, 0.25) is 0 Å². The summed E-state index contributed by atoms with van der Waals surface area (Å²) in [5.74, 6) is 0. The van der Waals surface area contributed by atoms with Crippen molar-refractivity contribution in [3.63, 3.8) is 0 Å². The van der Waals surface area contributed by atoms with E-state index in [4.69, 9.17) is 0 Å². The van der Waals surface area contributed by atoms with Gasteiger partial charge in [0, 0.05) is 5.38 Å². The molecular formula is C11H13NS. The van der Waals surface area contributed by atoms with Crippen LogP contribution in [0.15, 0.2) is 23.1 Å². The molecule has 0 saturated carbocycles. The predicted octanol–water partition coefficient (Wildman–Crippen LogP) is 3.58. The molecule has 0 aromatic carbocycles. The zero-order valence-electron chi connectivity index (χ0n) is 8.00. The van der Waals surface area contributed by atoms with Crippen LogP contribution in [0.4, 0.5) is 0 Å². The maximum Gasteiger partial charge on any atom is 0.0901 e. The Morgan fingerprint density at radius 2 is 2.08 bits per heavy atom. The van der Waals surface area contributed by atoms with E-state index in [9.17, 15) is 0 Å². The van der Waals surface area contributed by atoms with Crippen molar-refractivity contribution in [2.24, 2.45) is 0 Å². The summed E-state index contributed by atoms with van der Waals surface area (Å²) in [5, 5.41) is 3.30. The molecule has 68 valence electrons. The summed E-state index contributed by atoms with van der Waals surface area (Å²) in [6.45, 7) is 4.23. The molecule has 1 aromatic heterocycles. The third-order valence-corrected chi connectivity index (χ3v) is 3.08. The second-order valence-corrected chi connectivity index (χ2v) is 4.52. The van der Waals surface area contributed by atoms with Crippen molar-refractivity contribution in [3.05, 3.63) is 33.8 Å². The quantitative estimate of drug-likeness (QED) is 0.661. The van der Waals surface area contributed by atoms with Crippen molar-refractivity contribution in [1.82, 2.24) is 4.98 Å². The highest BCUT2D eigenvalue weighted by molar-refractivity contribution is 7.09. The Bertz CT molecular complexity index is 371. The van der Waals surface area contributed by atoms with Gasteiger partial charge in [0.05, 0.1) is 10.7 Å². The SMILES string of the molecule is CC1=CC=C(c2csc(C)n2)CC1. The van der Waals surface area contributed by atoms with Gasteiger partial charge in [-0.1, -0.05) is 17.7 Å². The fourth-order valence-electron chi connectivity index (χ4n) is 1.47. The number of thiazole rings is 1. The summed E-state index contributed by atoms with van der Waals surface area (Å²) < 4.78 is 0. The van der Waals surface area contributed by atoms with Gasteiger partial charge in [-0.2, -0.15) is 0 Å². The highest BCUT2D eigenvalue weighted by Gasteiger charge is 2.08. The minimum Gasteiger partial charge on any atom is -0.242 e. The predicted molar refractivity (Wildman–Crippen MR) is 57.8 cm³/mol. The fraction of sp³-hybridized carbons (Fsp3) is 0.364. The minimum absolute atomic E-state index is 1.14. The van der Waals surface area contributed by atoms with E-state index in [1.807, 2.05) is 0 Å². The first-order valence-electron chi connectivity index (χ1n) is 4.54. The Hall–Kier alpha value is -0.890. The highest BCUT2D eigenvalue weighted by Crippen LogP contribution is 2.26. The zero-order valence-corrected chi connectivity index (χ0v) is 8.82. The summed E-state index contributed by atoms with van der Waals surface area (Å²) >= 11 is 1.73. The molecule has 1 heterocycles. The maximum absolute atomic E-state index is 4.48. The van der Waals surface area contributed by atoms with Crippen molar-refractivity contribution in [1.29, 1.82) is 0 Å². The van der Waals surface area contributed by atoms with Gasteiger partial charge in [0.15, 0.2) is 0 Å². The summed E-state index contributed by atoms with van der Waals surface area (Å²) in [6.07, 6.45) is 6.73. The molecule has 0 radical (unpaired) electrons. The molecule has 0 spiro atoms. The van der Waals surface area contributed by atoms with E-state index >= 15 is 0 Å². The first-order chi connectivity index (χ1) is 6.25. The van der Waals surface area contributed by atoms with Crippen molar-refractivity contribution >= 4 is 16.9 Å². The molecular weight excluding hydrogens is 178 g/mol. The molecule has 0 aliphatic heterocycles. The van der Waals surface area contributed by atoms with Crippen LogP contribution in [0.2, 0.25) is 0 Å². The van der Waals surface area contributed by atoms with Crippen LogP contribution in [-0.2, 0) is 0 Å². The van der Waals surface area contributed by atoms with E-state index in [-0.39, 0.29) is 0 Å². The molecule has 0 amide bonds. The third-order valence-electron chi connectivity index (χ3n) is 2.31. The van der Waals surface area contributed by atoms with Crippen LogP contribution < -0.4 is 0 Å². The van der Waals surface area contributed by atoms with Crippen LogP contribution >= 0.6 is 11.3 Å². The Kier molecular flexibility index (Phi) is 2.32. The van der Waals surface area contributed by atoms with Gasteiger partial charge in [-0.3, -0.25) is 0 Å². The van der Waals surface area contributed by atoms with Gasteiger partial charge in [-0.25, -0.2) is 4.98 Å². The highest BCUT2D eigenvalue weighted by atomic mass is 32.1. The number of hydrogen-bond acceptors (Lipinski definition) is 2. The second kappa shape index (κ2) is 3.46. The van der Waals surface area contributed by atoms with Crippen molar-refractivity contribution in [2.75, 3.05) is 0 Å². The lowest BCUT2D eigenvalue weighted by atomic mass is 9.98. The Labute approximate surface area is 82.8 Å². The Morgan fingerprint density at radius 1 is 1.23 bits per heavy atom. The van der Waals surface area contributed by atoms with Gasteiger partial charge in [0.1, 0.15) is 0 Å². The maximum atomic E-state index is 4.48. The molecule has 0 fully saturated rings. The number of aromatic nitrogens is 1. The monoisotopic (exact) mass is 191 g/mol. The smallest absolute Gasteiger partial charge is 0.0901 e. The van der Waals surface area contributed by atoms with E-state index in [1.165, 1.54) is 23.3 Å². The number of rotatable bonds is 1. The van der Waals surface area contributed by atoms with E-state index in [0.717, 1.165) is 11.4 Å². The molecule has 2 heteroatoms. The van der Waals surface area contributed by atoms with Crippen molar-refractivity contribution in [2.45, 2.75) is 26.7 Å². The molecule has 2 rings (SSSR count). The van der Waals surface area contributed by atoms with Gasteiger partial charge in [-0.05, 0) is 32.3 Å². The van der Waals surface area contributed by atoms with Crippen molar-refractivity contribution < 1.29 is 0 Å². The standard InChI is InChI=1S/C11H13NS/c1-8-3-5-10(6-4-8)11-7-13-9(2)12-11/h3,5,7H,4,6H2,1-2H3. The fourth-order valence-corrected chi connectivity index (χ4v) is 2.10. The van der Waals surface area contributed by atoms with Gasteiger partial charge >= 0.3 is 0 Å². The molecule has 1 nitrogen and oxygen atoms in total. The molecule has 13 heavy (non-hydrogen) atoms. The Balaban J connectivity index is 2.28. The lowest BCUT2D eigenvalue weighted by Crippen LogP contribution is -1.91.